The van der Waals surface area contributed by atoms with Crippen molar-refractivity contribution in [3.63, 3.8) is 0 Å². The highest BCUT2D eigenvalue weighted by atomic mass is 16.2. The summed E-state index contributed by atoms with van der Waals surface area (Å²) in [6.07, 6.45) is 6.71. The lowest BCUT2D eigenvalue weighted by atomic mass is 10.0. The Morgan fingerprint density at radius 1 is 1.10 bits per heavy atom. The van der Waals surface area contributed by atoms with Crippen LogP contribution in [0.5, 0.6) is 0 Å². The van der Waals surface area contributed by atoms with Crippen molar-refractivity contribution in [1.29, 1.82) is 0 Å². The van der Waals surface area contributed by atoms with Gasteiger partial charge in [-0.2, -0.15) is 0 Å². The highest BCUT2D eigenvalue weighted by Gasteiger charge is 2.29. The third kappa shape index (κ3) is 4.42. The highest BCUT2D eigenvalue weighted by Crippen LogP contribution is 2.22. The number of nitrogens with zero attached hydrogens (tertiary/aromatic N) is 7. The minimum absolute atomic E-state index is 0.0643. The van der Waals surface area contributed by atoms with E-state index < -0.39 is 6.04 Å². The molecule has 1 fully saturated rings. The van der Waals surface area contributed by atoms with Gasteiger partial charge in [-0.25, -0.2) is 4.68 Å². The van der Waals surface area contributed by atoms with Gasteiger partial charge in [0.05, 0.1) is 0 Å². The number of anilines is 1. The number of aromatic nitrogens is 5. The van der Waals surface area contributed by atoms with Crippen molar-refractivity contribution in [2.45, 2.75) is 25.8 Å². The number of carbonyl (C=O) groups is 1. The minimum Gasteiger partial charge on any atom is -0.369 e. The van der Waals surface area contributed by atoms with Gasteiger partial charge in [-0.05, 0) is 41.0 Å². The lowest BCUT2D eigenvalue weighted by molar-refractivity contribution is -0.134. The van der Waals surface area contributed by atoms with E-state index in [0.29, 0.717) is 13.0 Å². The molecule has 1 atom stereocenters. The van der Waals surface area contributed by atoms with Crippen LogP contribution in [-0.2, 0) is 11.2 Å². The van der Waals surface area contributed by atoms with E-state index in [-0.39, 0.29) is 5.91 Å². The van der Waals surface area contributed by atoms with E-state index in [0.717, 1.165) is 37.2 Å². The van der Waals surface area contributed by atoms with Gasteiger partial charge < -0.3 is 9.80 Å². The Kier molecular flexibility index (Phi) is 5.79. The molecule has 1 unspecified atom stereocenters. The minimum atomic E-state index is -0.443. The molecule has 2 aromatic heterocycles. The number of amides is 1. The molecule has 3 heterocycles. The van der Waals surface area contributed by atoms with Gasteiger partial charge in [-0.1, -0.05) is 30.3 Å². The molecule has 0 radical (unpaired) electrons. The first-order valence-electron chi connectivity index (χ1n) is 9.93. The molecular formula is C21H25N7O. The van der Waals surface area contributed by atoms with Crippen molar-refractivity contribution in [2.24, 2.45) is 0 Å². The molecule has 1 saturated heterocycles. The van der Waals surface area contributed by atoms with Gasteiger partial charge in [0, 0.05) is 50.7 Å². The molecule has 0 aliphatic carbocycles. The van der Waals surface area contributed by atoms with Crippen molar-refractivity contribution in [3.05, 3.63) is 66.2 Å². The lowest BCUT2D eigenvalue weighted by Gasteiger charge is -2.27. The van der Waals surface area contributed by atoms with Crippen LogP contribution in [0.15, 0.2) is 55.1 Å². The number of benzene rings is 1. The van der Waals surface area contributed by atoms with Crippen molar-refractivity contribution in [2.75, 3.05) is 31.1 Å². The third-order valence-electron chi connectivity index (χ3n) is 5.38. The molecule has 0 spiro atoms. The Morgan fingerprint density at radius 2 is 1.97 bits per heavy atom. The maximum Gasteiger partial charge on any atom is 0.247 e. The van der Waals surface area contributed by atoms with Crippen LogP contribution < -0.4 is 4.90 Å². The molecule has 3 aromatic rings. The van der Waals surface area contributed by atoms with Crippen LogP contribution in [0.1, 0.15) is 23.6 Å². The van der Waals surface area contributed by atoms with Gasteiger partial charge in [0.15, 0.2) is 0 Å². The second-order valence-corrected chi connectivity index (χ2v) is 7.32. The fraction of sp³-hybridized carbons (Fsp3) is 0.381. The predicted octanol–water partition coefficient (Wildman–Crippen LogP) is 1.90. The van der Waals surface area contributed by atoms with E-state index in [1.807, 2.05) is 53.7 Å². The Morgan fingerprint density at radius 3 is 2.72 bits per heavy atom. The number of rotatable bonds is 5. The summed E-state index contributed by atoms with van der Waals surface area (Å²) < 4.78 is 1.57. The highest BCUT2D eigenvalue weighted by molar-refractivity contribution is 5.80. The normalized spacial score (nSPS) is 15.8. The number of hydrogen-bond acceptors (Lipinski definition) is 6. The van der Waals surface area contributed by atoms with Crippen LogP contribution in [0.25, 0.3) is 0 Å². The predicted molar refractivity (Wildman–Crippen MR) is 109 cm³/mol. The summed E-state index contributed by atoms with van der Waals surface area (Å²) in [6.45, 7) is 5.19. The zero-order valence-electron chi connectivity index (χ0n) is 16.6. The van der Waals surface area contributed by atoms with Crippen LogP contribution >= 0.6 is 0 Å². The van der Waals surface area contributed by atoms with Gasteiger partial charge in [-0.15, -0.1) is 5.10 Å². The Labute approximate surface area is 170 Å². The van der Waals surface area contributed by atoms with E-state index in [2.05, 4.69) is 32.3 Å². The number of tetrazole rings is 1. The quantitative estimate of drug-likeness (QED) is 0.661. The molecule has 150 valence electrons. The largest absolute Gasteiger partial charge is 0.369 e. The molecule has 8 nitrogen and oxygen atoms in total. The smallest absolute Gasteiger partial charge is 0.247 e. The second-order valence-electron chi connectivity index (χ2n) is 7.32. The Hall–Kier alpha value is -3.29. The first-order valence-corrected chi connectivity index (χ1v) is 9.93. The molecule has 8 heteroatoms. The summed E-state index contributed by atoms with van der Waals surface area (Å²) in [4.78, 5) is 21.9. The second kappa shape index (κ2) is 8.81. The number of carbonyl (C=O) groups excluding carboxylic acids is 1. The molecule has 1 aromatic carbocycles. The van der Waals surface area contributed by atoms with Crippen molar-refractivity contribution >= 4 is 11.6 Å². The average molecular weight is 391 g/mol. The third-order valence-corrected chi connectivity index (χ3v) is 5.38. The van der Waals surface area contributed by atoms with E-state index >= 15 is 0 Å². The topological polar surface area (TPSA) is 80.0 Å². The summed E-state index contributed by atoms with van der Waals surface area (Å²) in [5.41, 5.74) is 3.43. The maximum absolute atomic E-state index is 13.4. The summed E-state index contributed by atoms with van der Waals surface area (Å²) in [7, 11) is 0. The fourth-order valence-electron chi connectivity index (χ4n) is 3.85. The SMILES string of the molecule is Cc1cnccc1N1CCCN(C(=O)C(Cc2ccccc2)n2cnnn2)CC1. The standard InChI is InChI=1S/C21H25N7O/c1-17-15-22-9-8-19(17)26-10-5-11-27(13-12-26)21(29)20(28-16-23-24-25-28)14-18-6-3-2-4-7-18/h2-4,6-9,15-16,20H,5,10-14H2,1H3. The van der Waals surface area contributed by atoms with Crippen LogP contribution in [0.3, 0.4) is 0 Å². The average Bonchev–Trinajstić information content (AvgIpc) is 3.17. The molecule has 0 N–H and O–H groups in total. The zero-order chi connectivity index (χ0) is 20.1. The molecule has 1 amide bonds. The van der Waals surface area contributed by atoms with Gasteiger partial charge in [0.1, 0.15) is 12.4 Å². The van der Waals surface area contributed by atoms with Crippen molar-refractivity contribution < 1.29 is 4.79 Å². The number of aryl methyl sites for hydroxylation is 1. The van der Waals surface area contributed by atoms with Gasteiger partial charge in [-0.3, -0.25) is 9.78 Å². The number of pyridine rings is 1. The molecule has 29 heavy (non-hydrogen) atoms. The summed E-state index contributed by atoms with van der Waals surface area (Å²) >= 11 is 0. The monoisotopic (exact) mass is 391 g/mol. The maximum atomic E-state index is 13.4. The fourth-order valence-corrected chi connectivity index (χ4v) is 3.85. The Bertz CT molecular complexity index is 929. The van der Waals surface area contributed by atoms with E-state index in [1.54, 1.807) is 4.68 Å². The Balaban J connectivity index is 1.50. The van der Waals surface area contributed by atoms with Gasteiger partial charge >= 0.3 is 0 Å². The van der Waals surface area contributed by atoms with Crippen molar-refractivity contribution in [3.8, 4) is 0 Å². The summed E-state index contributed by atoms with van der Waals surface area (Å²) in [5, 5.41) is 11.5. The van der Waals surface area contributed by atoms with Crippen LogP contribution in [0, 0.1) is 6.92 Å². The van der Waals surface area contributed by atoms with Crippen LogP contribution in [0.4, 0.5) is 5.69 Å². The summed E-state index contributed by atoms with van der Waals surface area (Å²) in [6, 6.07) is 11.6. The van der Waals surface area contributed by atoms with Gasteiger partial charge in [0.2, 0.25) is 5.91 Å². The summed E-state index contributed by atoms with van der Waals surface area (Å²) in [5.74, 6) is 0.0643. The zero-order valence-corrected chi connectivity index (χ0v) is 16.6. The molecule has 4 rings (SSSR count). The van der Waals surface area contributed by atoms with Crippen LogP contribution in [0.2, 0.25) is 0 Å². The van der Waals surface area contributed by atoms with E-state index in [4.69, 9.17) is 0 Å². The van der Waals surface area contributed by atoms with Crippen LogP contribution in [-0.4, -0.2) is 62.2 Å². The first-order chi connectivity index (χ1) is 14.2. The van der Waals surface area contributed by atoms with E-state index in [9.17, 15) is 4.79 Å². The molecule has 1 aliphatic rings. The van der Waals surface area contributed by atoms with Gasteiger partial charge in [0.25, 0.3) is 0 Å². The molecule has 0 bridgehead atoms. The van der Waals surface area contributed by atoms with E-state index in [1.165, 1.54) is 12.0 Å². The molecule has 0 saturated carbocycles. The first kappa shape index (κ1) is 19.0. The molecule has 1 aliphatic heterocycles. The lowest BCUT2D eigenvalue weighted by Crippen LogP contribution is -2.41. The molecular weight excluding hydrogens is 366 g/mol. The van der Waals surface area contributed by atoms with Crippen molar-refractivity contribution in [1.82, 2.24) is 30.1 Å². The number of hydrogen-bond donors (Lipinski definition) is 0.